The van der Waals surface area contributed by atoms with Crippen LogP contribution in [0.1, 0.15) is 6.42 Å². The van der Waals surface area contributed by atoms with Gasteiger partial charge in [-0.15, -0.1) is 0 Å². The van der Waals surface area contributed by atoms with Crippen LogP contribution in [0.2, 0.25) is 0 Å². The van der Waals surface area contributed by atoms with Crippen LogP contribution in [0, 0.1) is 0 Å². The highest BCUT2D eigenvalue weighted by Crippen LogP contribution is 2.37. The summed E-state index contributed by atoms with van der Waals surface area (Å²) in [7, 11) is 0. The summed E-state index contributed by atoms with van der Waals surface area (Å²) in [5.74, 6) is 1.56. The molecule has 2 nitrogen and oxygen atoms in total. The number of rotatable bonds is 7. The average molecular weight is 587 g/mol. The van der Waals surface area contributed by atoms with Crippen molar-refractivity contribution < 1.29 is 9.47 Å². The Bertz CT molecular complexity index is 421. The number of hydrogen-bond donors (Lipinski definition) is 0. The van der Waals surface area contributed by atoms with Crippen LogP contribution < -0.4 is 9.47 Å². The topological polar surface area (TPSA) is 18.5 Å². The van der Waals surface area contributed by atoms with Crippen LogP contribution in [-0.4, -0.2) is 18.5 Å². The summed E-state index contributed by atoms with van der Waals surface area (Å²) >= 11 is 16.9. The lowest BCUT2D eigenvalue weighted by Gasteiger charge is -2.12. The lowest BCUT2D eigenvalue weighted by molar-refractivity contribution is 0.313. The van der Waals surface area contributed by atoms with Gasteiger partial charge in [0.1, 0.15) is 18.1 Å². The molecule has 0 aromatic heterocycles. The zero-order chi connectivity index (χ0) is 14.3. The predicted molar refractivity (Wildman–Crippen MR) is 97.2 cm³/mol. The fraction of sp³-hybridized carbons (Fsp3) is 0.333. The predicted octanol–water partition coefficient (Wildman–Crippen LogP) is 6.39. The second-order valence-corrected chi connectivity index (χ2v) is 8.69. The summed E-state index contributed by atoms with van der Waals surface area (Å²) in [6.45, 7) is 1.15. The molecule has 0 spiro atoms. The van der Waals surface area contributed by atoms with Gasteiger partial charge in [0.2, 0.25) is 0 Å². The Labute approximate surface area is 154 Å². The molecule has 19 heavy (non-hydrogen) atoms. The maximum absolute atomic E-state index is 5.70. The molecule has 0 aliphatic rings. The van der Waals surface area contributed by atoms with E-state index in [9.17, 15) is 0 Å². The largest absolute Gasteiger partial charge is 0.491 e. The third kappa shape index (κ3) is 6.98. The monoisotopic (exact) mass is 582 g/mol. The molecule has 0 N–H and O–H groups in total. The number of hydrogen-bond acceptors (Lipinski definition) is 2. The molecule has 0 unspecified atom stereocenters. The second-order valence-electron chi connectivity index (χ2n) is 3.41. The first-order chi connectivity index (χ1) is 9.04. The lowest BCUT2D eigenvalue weighted by Crippen LogP contribution is -2.00. The van der Waals surface area contributed by atoms with Crippen LogP contribution in [0.25, 0.3) is 0 Å². The zero-order valence-electron chi connectivity index (χ0n) is 9.77. The lowest BCUT2D eigenvalue weighted by atomic mass is 10.3. The Morgan fingerprint density at radius 1 is 1.11 bits per heavy atom. The Morgan fingerprint density at radius 2 is 1.74 bits per heavy atom. The fourth-order valence-corrected chi connectivity index (χ4v) is 3.05. The summed E-state index contributed by atoms with van der Waals surface area (Å²) in [6.07, 6.45) is 2.84. The summed E-state index contributed by atoms with van der Waals surface area (Å²) in [5, 5.41) is 0.928. The maximum Gasteiger partial charge on any atom is 0.147 e. The molecule has 0 saturated carbocycles. The SMILES string of the molecule is BrCCCOc1c(Br)cc(OCC=C(Br)Br)cc1Br. The van der Waals surface area contributed by atoms with Crippen molar-refractivity contribution in [1.82, 2.24) is 0 Å². The number of halogens is 5. The second kappa shape index (κ2) is 9.82. The van der Waals surface area contributed by atoms with Gasteiger partial charge >= 0.3 is 0 Å². The molecule has 0 fully saturated rings. The van der Waals surface area contributed by atoms with Gasteiger partial charge in [-0.3, -0.25) is 0 Å². The molecule has 1 rings (SSSR count). The van der Waals surface area contributed by atoms with Crippen molar-refractivity contribution in [3.05, 3.63) is 30.5 Å². The highest BCUT2D eigenvalue weighted by molar-refractivity contribution is 9.28. The van der Waals surface area contributed by atoms with Crippen LogP contribution in [0.15, 0.2) is 30.5 Å². The Hall–Kier alpha value is 0.960. The first-order valence-electron chi connectivity index (χ1n) is 5.36. The summed E-state index contributed by atoms with van der Waals surface area (Å²) in [5.41, 5.74) is 0. The third-order valence-corrected chi connectivity index (χ3v) is 4.37. The van der Waals surface area contributed by atoms with Gasteiger partial charge < -0.3 is 9.47 Å². The van der Waals surface area contributed by atoms with Gasteiger partial charge in [-0.1, -0.05) is 15.9 Å². The standard InChI is InChI=1S/C12H11Br5O2/c13-3-1-4-19-12-9(14)6-8(7-10(12)15)18-5-2-11(16)17/h2,6-7H,1,3-5H2. The molecule has 0 aliphatic heterocycles. The first kappa shape index (κ1) is 18.0. The molecule has 106 valence electrons. The van der Waals surface area contributed by atoms with E-state index in [0.717, 1.165) is 35.6 Å². The summed E-state index contributed by atoms with van der Waals surface area (Å²) < 4.78 is 13.9. The minimum absolute atomic E-state index is 0.481. The number of benzene rings is 1. The summed E-state index contributed by atoms with van der Waals surface area (Å²) in [4.78, 5) is 0. The van der Waals surface area contributed by atoms with Gasteiger partial charge in [0, 0.05) is 5.33 Å². The van der Waals surface area contributed by atoms with Crippen molar-refractivity contribution in [3.8, 4) is 11.5 Å². The van der Waals surface area contributed by atoms with Gasteiger partial charge in [-0.05, 0) is 88.3 Å². The molecule has 0 heterocycles. The van der Waals surface area contributed by atoms with Gasteiger partial charge in [0.05, 0.1) is 18.9 Å². The van der Waals surface area contributed by atoms with E-state index >= 15 is 0 Å². The fourth-order valence-electron chi connectivity index (χ4n) is 1.19. The van der Waals surface area contributed by atoms with Crippen molar-refractivity contribution in [1.29, 1.82) is 0 Å². The van der Waals surface area contributed by atoms with Gasteiger partial charge in [0.15, 0.2) is 0 Å². The van der Waals surface area contributed by atoms with Crippen LogP contribution >= 0.6 is 79.6 Å². The molecule has 0 atom stereocenters. The Balaban J connectivity index is 2.70. The Kier molecular flexibility index (Phi) is 9.31. The summed E-state index contributed by atoms with van der Waals surface area (Å²) in [6, 6.07) is 3.79. The van der Waals surface area contributed by atoms with Crippen molar-refractivity contribution in [2.24, 2.45) is 0 Å². The van der Waals surface area contributed by atoms with Crippen LogP contribution in [-0.2, 0) is 0 Å². The van der Waals surface area contributed by atoms with E-state index < -0.39 is 0 Å². The van der Waals surface area contributed by atoms with Crippen molar-refractivity contribution in [2.75, 3.05) is 18.5 Å². The molecule has 1 aromatic carbocycles. The average Bonchev–Trinajstić information content (AvgIpc) is 2.32. The smallest absolute Gasteiger partial charge is 0.147 e. The van der Waals surface area contributed by atoms with Crippen LogP contribution in [0.4, 0.5) is 0 Å². The maximum atomic E-state index is 5.70. The van der Waals surface area contributed by atoms with E-state index in [-0.39, 0.29) is 0 Å². The minimum atomic E-state index is 0.481. The molecule has 0 amide bonds. The van der Waals surface area contributed by atoms with Crippen molar-refractivity contribution in [2.45, 2.75) is 6.42 Å². The molecule has 0 bridgehead atoms. The third-order valence-electron chi connectivity index (χ3n) is 1.98. The van der Waals surface area contributed by atoms with E-state index in [0.29, 0.717) is 13.2 Å². The van der Waals surface area contributed by atoms with E-state index in [1.165, 1.54) is 0 Å². The van der Waals surface area contributed by atoms with E-state index in [1.54, 1.807) is 0 Å². The highest BCUT2D eigenvalue weighted by Gasteiger charge is 2.09. The molecule has 0 aliphatic carbocycles. The van der Waals surface area contributed by atoms with E-state index in [4.69, 9.17) is 9.47 Å². The molecular weight excluding hydrogens is 576 g/mol. The van der Waals surface area contributed by atoms with Crippen LogP contribution in [0.5, 0.6) is 11.5 Å². The first-order valence-corrected chi connectivity index (χ1v) is 9.65. The zero-order valence-corrected chi connectivity index (χ0v) is 17.7. The van der Waals surface area contributed by atoms with Gasteiger partial charge in [0.25, 0.3) is 0 Å². The van der Waals surface area contributed by atoms with Gasteiger partial charge in [-0.25, -0.2) is 0 Å². The quantitative estimate of drug-likeness (QED) is 0.273. The van der Waals surface area contributed by atoms with Crippen molar-refractivity contribution in [3.63, 3.8) is 0 Å². The number of alkyl halides is 1. The highest BCUT2D eigenvalue weighted by atomic mass is 79.9. The normalized spacial score (nSPS) is 10.2. The molecule has 0 radical (unpaired) electrons. The molecule has 0 saturated heterocycles. The Morgan fingerprint density at radius 3 is 2.26 bits per heavy atom. The molecule has 7 heteroatoms. The van der Waals surface area contributed by atoms with E-state index in [2.05, 4.69) is 79.6 Å². The molecule has 1 aromatic rings. The van der Waals surface area contributed by atoms with Crippen LogP contribution in [0.3, 0.4) is 0 Å². The van der Waals surface area contributed by atoms with Crippen molar-refractivity contribution >= 4 is 79.6 Å². The molecular formula is C12H11Br5O2. The minimum Gasteiger partial charge on any atom is -0.491 e. The van der Waals surface area contributed by atoms with E-state index in [1.807, 2.05) is 18.2 Å². The number of ether oxygens (including phenoxy) is 2. The van der Waals surface area contributed by atoms with Gasteiger partial charge in [-0.2, -0.15) is 0 Å².